The molecule has 1 aromatic carbocycles. The number of carbonyl (C=O) groups excluding carboxylic acids is 1. The molecule has 6 heteroatoms. The Labute approximate surface area is 169 Å². The van der Waals surface area contributed by atoms with Crippen LogP contribution in [0.2, 0.25) is 0 Å². The summed E-state index contributed by atoms with van der Waals surface area (Å²) in [4.78, 5) is 18.2. The molecule has 6 nitrogen and oxygen atoms in total. The molecule has 28 heavy (non-hydrogen) atoms. The summed E-state index contributed by atoms with van der Waals surface area (Å²) < 4.78 is 10.7. The second-order valence-corrected chi connectivity index (χ2v) is 7.09. The van der Waals surface area contributed by atoms with E-state index in [4.69, 9.17) is 9.73 Å². The minimum atomic E-state index is -0.118. The maximum Gasteiger partial charge on any atom is 0.305 e. The number of benzene rings is 1. The lowest BCUT2D eigenvalue weighted by Crippen LogP contribution is -2.47. The van der Waals surface area contributed by atoms with E-state index in [9.17, 15) is 4.79 Å². The Balaban J connectivity index is 1.68. The van der Waals surface area contributed by atoms with Gasteiger partial charge in [0, 0.05) is 45.4 Å². The lowest BCUT2D eigenvalue weighted by atomic mass is 10.1. The van der Waals surface area contributed by atoms with Crippen LogP contribution in [-0.4, -0.2) is 56.2 Å². The lowest BCUT2D eigenvalue weighted by molar-refractivity contribution is -0.140. The summed E-state index contributed by atoms with van der Waals surface area (Å²) in [5.74, 6) is 1.84. The first-order valence-corrected chi connectivity index (χ1v) is 10.5. The summed E-state index contributed by atoms with van der Waals surface area (Å²) >= 11 is 0. The fourth-order valence-corrected chi connectivity index (χ4v) is 3.32. The first-order valence-electron chi connectivity index (χ1n) is 10.5. The zero-order chi connectivity index (χ0) is 20.0. The van der Waals surface area contributed by atoms with Crippen LogP contribution >= 0.6 is 0 Å². The number of hydrogen-bond acceptors (Lipinski definition) is 4. The monoisotopic (exact) mass is 389 g/mol. The highest BCUT2D eigenvalue weighted by molar-refractivity contribution is 5.80. The van der Waals surface area contributed by atoms with Gasteiger partial charge in [-0.2, -0.15) is 0 Å². The van der Waals surface area contributed by atoms with Crippen molar-refractivity contribution in [3.8, 4) is 5.75 Å². The Morgan fingerprint density at radius 3 is 2.54 bits per heavy atom. The zero-order valence-corrected chi connectivity index (χ0v) is 17.4. The molecule has 0 aliphatic carbocycles. The van der Waals surface area contributed by atoms with Gasteiger partial charge < -0.3 is 19.7 Å². The van der Waals surface area contributed by atoms with Crippen molar-refractivity contribution in [3.63, 3.8) is 0 Å². The van der Waals surface area contributed by atoms with Crippen molar-refractivity contribution in [2.24, 2.45) is 4.99 Å². The van der Waals surface area contributed by atoms with Gasteiger partial charge in [0.15, 0.2) is 5.96 Å². The van der Waals surface area contributed by atoms with Crippen LogP contribution in [0.4, 0.5) is 0 Å². The molecule has 0 atom stereocenters. The number of guanidine groups is 1. The number of esters is 1. The van der Waals surface area contributed by atoms with Crippen molar-refractivity contribution in [1.82, 2.24) is 10.2 Å². The minimum Gasteiger partial charge on any atom is -0.490 e. The van der Waals surface area contributed by atoms with Crippen LogP contribution in [0, 0.1) is 0 Å². The highest BCUT2D eigenvalue weighted by atomic mass is 16.5. The fraction of sp³-hybridized carbons (Fsp3) is 0.636. The maximum absolute atomic E-state index is 11.1. The Morgan fingerprint density at radius 2 is 1.86 bits per heavy atom. The number of para-hydroxylation sites is 1. The van der Waals surface area contributed by atoms with E-state index in [1.807, 2.05) is 30.3 Å². The summed E-state index contributed by atoms with van der Waals surface area (Å²) in [5.41, 5.74) is 0. The standard InChI is InChI=1S/C22H35N3O3/c1-3-23-22(24-16-10-5-4-9-13-21(26)27-2)25-17-14-20(15-18-25)28-19-11-7-6-8-12-19/h6-8,11-12,20H,3-5,9-10,13-18H2,1-2H3,(H,23,24). The van der Waals surface area contributed by atoms with Crippen LogP contribution in [-0.2, 0) is 9.53 Å². The Morgan fingerprint density at radius 1 is 1.14 bits per heavy atom. The number of methoxy groups -OCH3 is 1. The van der Waals surface area contributed by atoms with Gasteiger partial charge in [-0.1, -0.05) is 31.0 Å². The van der Waals surface area contributed by atoms with Crippen molar-refractivity contribution in [3.05, 3.63) is 30.3 Å². The van der Waals surface area contributed by atoms with Gasteiger partial charge in [-0.25, -0.2) is 0 Å². The van der Waals surface area contributed by atoms with Crippen molar-refractivity contribution in [2.75, 3.05) is 33.3 Å². The molecule has 0 bridgehead atoms. The third-order valence-corrected chi connectivity index (χ3v) is 4.90. The Hall–Kier alpha value is -2.24. The number of nitrogens with one attached hydrogen (secondary N) is 1. The van der Waals surface area contributed by atoms with Gasteiger partial charge >= 0.3 is 5.97 Å². The molecule has 1 aliphatic rings. The average Bonchev–Trinajstić information content (AvgIpc) is 2.73. The van der Waals surface area contributed by atoms with Gasteiger partial charge in [0.1, 0.15) is 11.9 Å². The summed E-state index contributed by atoms with van der Waals surface area (Å²) in [6, 6.07) is 10.1. The molecular formula is C22H35N3O3. The fourth-order valence-electron chi connectivity index (χ4n) is 3.32. The van der Waals surface area contributed by atoms with E-state index < -0.39 is 0 Å². The summed E-state index contributed by atoms with van der Waals surface area (Å²) in [6.07, 6.45) is 6.88. The van der Waals surface area contributed by atoms with E-state index in [1.165, 1.54) is 7.11 Å². The second-order valence-electron chi connectivity index (χ2n) is 7.09. The van der Waals surface area contributed by atoms with Gasteiger partial charge in [0.2, 0.25) is 0 Å². The smallest absolute Gasteiger partial charge is 0.305 e. The number of ether oxygens (including phenoxy) is 2. The number of aliphatic imine (C=N–C) groups is 1. The number of rotatable bonds is 10. The van der Waals surface area contributed by atoms with Crippen molar-refractivity contribution in [2.45, 2.75) is 58.0 Å². The first-order chi connectivity index (χ1) is 13.7. The number of likely N-dealkylation sites (tertiary alicyclic amines) is 1. The van der Waals surface area contributed by atoms with E-state index in [1.54, 1.807) is 0 Å². The average molecular weight is 390 g/mol. The lowest BCUT2D eigenvalue weighted by Gasteiger charge is -2.34. The predicted octanol–water partition coefficient (Wildman–Crippen LogP) is 3.62. The molecule has 2 rings (SSSR count). The molecule has 1 N–H and O–H groups in total. The quantitative estimate of drug-likeness (QED) is 0.287. The summed E-state index contributed by atoms with van der Waals surface area (Å²) in [5, 5.41) is 3.42. The van der Waals surface area contributed by atoms with E-state index in [-0.39, 0.29) is 12.1 Å². The minimum absolute atomic E-state index is 0.118. The van der Waals surface area contributed by atoms with Crippen LogP contribution in [0.3, 0.4) is 0 Å². The molecule has 0 unspecified atom stereocenters. The highest BCUT2D eigenvalue weighted by Crippen LogP contribution is 2.18. The molecular weight excluding hydrogens is 354 g/mol. The SMILES string of the molecule is CCNC(=NCCCCCCC(=O)OC)N1CCC(Oc2ccccc2)CC1. The predicted molar refractivity (Wildman–Crippen MR) is 113 cm³/mol. The van der Waals surface area contributed by atoms with Crippen molar-refractivity contribution >= 4 is 11.9 Å². The van der Waals surface area contributed by atoms with E-state index in [0.717, 1.165) is 76.4 Å². The normalized spacial score (nSPS) is 15.4. The number of carbonyl (C=O) groups is 1. The first kappa shape index (κ1) is 22.1. The number of unbranched alkanes of at least 4 members (excludes halogenated alkanes) is 3. The van der Waals surface area contributed by atoms with Gasteiger partial charge in [-0.3, -0.25) is 9.79 Å². The second kappa shape index (κ2) is 13.0. The third-order valence-electron chi connectivity index (χ3n) is 4.90. The molecule has 156 valence electrons. The summed E-state index contributed by atoms with van der Waals surface area (Å²) in [7, 11) is 1.44. The van der Waals surface area contributed by atoms with Gasteiger partial charge in [-0.15, -0.1) is 0 Å². The molecule has 1 heterocycles. The number of nitrogens with zero attached hydrogens (tertiary/aromatic N) is 2. The largest absolute Gasteiger partial charge is 0.490 e. The molecule has 1 saturated heterocycles. The number of piperidine rings is 1. The molecule has 0 saturated carbocycles. The van der Waals surface area contributed by atoms with Crippen molar-refractivity contribution in [1.29, 1.82) is 0 Å². The van der Waals surface area contributed by atoms with Gasteiger partial charge in [0.05, 0.1) is 7.11 Å². The maximum atomic E-state index is 11.1. The molecule has 1 aliphatic heterocycles. The van der Waals surface area contributed by atoms with Crippen LogP contribution < -0.4 is 10.1 Å². The number of hydrogen-bond donors (Lipinski definition) is 1. The zero-order valence-electron chi connectivity index (χ0n) is 17.4. The molecule has 1 fully saturated rings. The van der Waals surface area contributed by atoms with Gasteiger partial charge in [-0.05, 0) is 31.9 Å². The molecule has 0 spiro atoms. The van der Waals surface area contributed by atoms with E-state index in [0.29, 0.717) is 6.42 Å². The molecule has 0 aromatic heterocycles. The third kappa shape index (κ3) is 8.19. The Kier molecular flexibility index (Phi) is 10.3. The van der Waals surface area contributed by atoms with E-state index in [2.05, 4.69) is 21.9 Å². The van der Waals surface area contributed by atoms with Crippen LogP contribution in [0.15, 0.2) is 35.3 Å². The topological polar surface area (TPSA) is 63.2 Å². The van der Waals surface area contributed by atoms with Crippen molar-refractivity contribution < 1.29 is 14.3 Å². The Bertz CT molecular complexity index is 584. The molecule has 1 aromatic rings. The summed E-state index contributed by atoms with van der Waals surface area (Å²) in [6.45, 7) is 5.72. The van der Waals surface area contributed by atoms with E-state index >= 15 is 0 Å². The molecule has 0 amide bonds. The molecule has 0 radical (unpaired) electrons. The highest BCUT2D eigenvalue weighted by Gasteiger charge is 2.22. The van der Waals surface area contributed by atoms with Crippen LogP contribution in [0.5, 0.6) is 5.75 Å². The van der Waals surface area contributed by atoms with Gasteiger partial charge in [0.25, 0.3) is 0 Å². The van der Waals surface area contributed by atoms with Crippen LogP contribution in [0.25, 0.3) is 0 Å². The van der Waals surface area contributed by atoms with Crippen LogP contribution in [0.1, 0.15) is 51.9 Å².